The molecule has 1 amide bonds. The molecule has 1 aromatic rings. The van der Waals surface area contributed by atoms with Crippen molar-refractivity contribution < 1.29 is 13.2 Å². The second-order valence-electron chi connectivity index (χ2n) is 5.00. The van der Waals surface area contributed by atoms with Crippen molar-refractivity contribution in [3.05, 3.63) is 24.3 Å². The molecule has 20 heavy (non-hydrogen) atoms. The first-order valence-corrected chi connectivity index (χ1v) is 7.89. The third kappa shape index (κ3) is 3.29. The fourth-order valence-corrected chi connectivity index (χ4v) is 2.93. The van der Waals surface area contributed by atoms with Gasteiger partial charge in [0.1, 0.15) is 0 Å². The van der Waals surface area contributed by atoms with E-state index in [-0.39, 0.29) is 16.8 Å². The molecule has 1 atom stereocenters. The van der Waals surface area contributed by atoms with Gasteiger partial charge in [0.2, 0.25) is 15.9 Å². The van der Waals surface area contributed by atoms with Gasteiger partial charge in [0.25, 0.3) is 0 Å². The van der Waals surface area contributed by atoms with Gasteiger partial charge in [-0.3, -0.25) is 4.79 Å². The molecule has 1 unspecified atom stereocenters. The third-order valence-electron chi connectivity index (χ3n) is 3.27. The zero-order valence-corrected chi connectivity index (χ0v) is 12.4. The van der Waals surface area contributed by atoms with Gasteiger partial charge in [-0.05, 0) is 30.7 Å². The van der Waals surface area contributed by atoms with Crippen LogP contribution in [0.2, 0.25) is 0 Å². The Morgan fingerprint density at radius 1 is 1.25 bits per heavy atom. The molecule has 1 saturated heterocycles. The molecule has 0 aliphatic carbocycles. The van der Waals surface area contributed by atoms with Crippen molar-refractivity contribution in [2.24, 2.45) is 0 Å². The normalized spacial score (nSPS) is 19.8. The Morgan fingerprint density at radius 2 is 1.90 bits per heavy atom. The Kier molecular flexibility index (Phi) is 4.29. The lowest BCUT2D eigenvalue weighted by atomic mass is 10.1. The van der Waals surface area contributed by atoms with Crippen molar-refractivity contribution in [3.63, 3.8) is 0 Å². The second-order valence-corrected chi connectivity index (χ2v) is 7.15. The van der Waals surface area contributed by atoms with Gasteiger partial charge >= 0.3 is 0 Å². The number of hydrogen-bond donors (Lipinski definition) is 2. The lowest BCUT2D eigenvalue weighted by Gasteiger charge is -2.24. The van der Waals surface area contributed by atoms with Crippen molar-refractivity contribution in [2.75, 3.05) is 26.0 Å². The molecule has 110 valence electrons. The van der Waals surface area contributed by atoms with Gasteiger partial charge in [-0.2, -0.15) is 0 Å². The van der Waals surface area contributed by atoms with E-state index in [1.165, 1.54) is 18.4 Å². The van der Waals surface area contributed by atoms with Crippen molar-refractivity contribution in [2.45, 2.75) is 23.8 Å². The maximum atomic E-state index is 11.9. The maximum absolute atomic E-state index is 11.9. The highest BCUT2D eigenvalue weighted by Gasteiger charge is 2.19. The summed E-state index contributed by atoms with van der Waals surface area (Å²) >= 11 is 0. The highest BCUT2D eigenvalue weighted by Crippen LogP contribution is 2.18. The summed E-state index contributed by atoms with van der Waals surface area (Å²) in [6, 6.07) is 6.83. The van der Waals surface area contributed by atoms with Gasteiger partial charge in [0.15, 0.2) is 0 Å². The molecular formula is C13H19N3O3S. The molecule has 0 aromatic heterocycles. The third-order valence-corrected chi connectivity index (χ3v) is 5.10. The number of nitrogens with one attached hydrogen (secondary N) is 2. The molecule has 1 heterocycles. The SMILES string of the molecule is CN(C)S(=O)(=O)c1ccc(NC2CCC(=O)NC2)cc1. The smallest absolute Gasteiger partial charge is 0.242 e. The number of amides is 1. The number of anilines is 1. The largest absolute Gasteiger partial charge is 0.381 e. The minimum atomic E-state index is -3.39. The number of benzene rings is 1. The molecule has 1 aliphatic rings. The van der Waals surface area contributed by atoms with E-state index in [1.54, 1.807) is 24.3 Å². The van der Waals surface area contributed by atoms with E-state index in [0.29, 0.717) is 13.0 Å². The zero-order valence-electron chi connectivity index (χ0n) is 11.6. The Hall–Kier alpha value is -1.60. The topological polar surface area (TPSA) is 78.5 Å². The van der Waals surface area contributed by atoms with E-state index >= 15 is 0 Å². The lowest BCUT2D eigenvalue weighted by molar-refractivity contribution is -0.122. The minimum absolute atomic E-state index is 0.0791. The van der Waals surface area contributed by atoms with Gasteiger partial charge in [-0.1, -0.05) is 0 Å². The van der Waals surface area contributed by atoms with Gasteiger partial charge in [-0.25, -0.2) is 12.7 Å². The standard InChI is InChI=1S/C13H19N3O3S/c1-16(2)20(18,19)12-6-3-10(4-7-12)15-11-5-8-13(17)14-9-11/h3-4,6-7,11,15H,5,8-9H2,1-2H3,(H,14,17). The highest BCUT2D eigenvalue weighted by molar-refractivity contribution is 7.89. The van der Waals surface area contributed by atoms with Crippen LogP contribution in [0.5, 0.6) is 0 Å². The average Bonchev–Trinajstić information content (AvgIpc) is 2.42. The quantitative estimate of drug-likeness (QED) is 0.854. The monoisotopic (exact) mass is 297 g/mol. The average molecular weight is 297 g/mol. The summed E-state index contributed by atoms with van der Waals surface area (Å²) < 4.78 is 25.0. The van der Waals surface area contributed by atoms with Crippen LogP contribution in [0.4, 0.5) is 5.69 Å². The molecule has 0 radical (unpaired) electrons. The van der Waals surface area contributed by atoms with Crippen LogP contribution in [0.25, 0.3) is 0 Å². The second kappa shape index (κ2) is 5.80. The first-order chi connectivity index (χ1) is 9.39. The lowest BCUT2D eigenvalue weighted by Crippen LogP contribution is -2.41. The number of hydrogen-bond acceptors (Lipinski definition) is 4. The van der Waals surface area contributed by atoms with Crippen molar-refractivity contribution in [1.29, 1.82) is 0 Å². The molecule has 7 heteroatoms. The zero-order chi connectivity index (χ0) is 14.8. The van der Waals surface area contributed by atoms with Crippen LogP contribution in [-0.2, 0) is 14.8 Å². The molecule has 0 bridgehead atoms. The predicted molar refractivity (Wildman–Crippen MR) is 77.0 cm³/mol. The van der Waals surface area contributed by atoms with Crippen LogP contribution in [0.1, 0.15) is 12.8 Å². The predicted octanol–water partition coefficient (Wildman–Crippen LogP) is 0.627. The Bertz CT molecular complexity index is 571. The first-order valence-electron chi connectivity index (χ1n) is 6.45. The first kappa shape index (κ1) is 14.8. The van der Waals surface area contributed by atoms with E-state index in [2.05, 4.69) is 10.6 Å². The fraction of sp³-hybridized carbons (Fsp3) is 0.462. The minimum Gasteiger partial charge on any atom is -0.381 e. The molecule has 1 aliphatic heterocycles. The Morgan fingerprint density at radius 3 is 2.40 bits per heavy atom. The Labute approximate surface area is 119 Å². The summed E-state index contributed by atoms with van der Waals surface area (Å²) in [6.45, 7) is 0.594. The van der Waals surface area contributed by atoms with Gasteiger partial charge in [0, 0.05) is 38.8 Å². The number of nitrogens with zero attached hydrogens (tertiary/aromatic N) is 1. The van der Waals surface area contributed by atoms with Crippen LogP contribution in [-0.4, -0.2) is 45.3 Å². The van der Waals surface area contributed by atoms with Crippen LogP contribution in [0, 0.1) is 0 Å². The molecule has 1 aromatic carbocycles. The Balaban J connectivity index is 2.04. The molecule has 2 rings (SSSR count). The van der Waals surface area contributed by atoms with Crippen LogP contribution in [0.15, 0.2) is 29.2 Å². The van der Waals surface area contributed by atoms with Crippen molar-refractivity contribution in [1.82, 2.24) is 9.62 Å². The molecule has 6 nitrogen and oxygen atoms in total. The van der Waals surface area contributed by atoms with E-state index in [4.69, 9.17) is 0 Å². The van der Waals surface area contributed by atoms with Crippen molar-refractivity contribution in [3.8, 4) is 0 Å². The van der Waals surface area contributed by atoms with Crippen LogP contribution in [0.3, 0.4) is 0 Å². The summed E-state index contributed by atoms with van der Waals surface area (Å²) in [5.41, 5.74) is 0.851. The highest BCUT2D eigenvalue weighted by atomic mass is 32.2. The maximum Gasteiger partial charge on any atom is 0.242 e. The van der Waals surface area contributed by atoms with E-state index in [9.17, 15) is 13.2 Å². The fourth-order valence-electron chi connectivity index (χ4n) is 2.03. The summed E-state index contributed by atoms with van der Waals surface area (Å²) in [7, 11) is -0.373. The van der Waals surface area contributed by atoms with E-state index in [0.717, 1.165) is 12.1 Å². The van der Waals surface area contributed by atoms with E-state index in [1.807, 2.05) is 0 Å². The van der Waals surface area contributed by atoms with Crippen LogP contribution < -0.4 is 10.6 Å². The van der Waals surface area contributed by atoms with Gasteiger partial charge in [0.05, 0.1) is 4.90 Å². The summed E-state index contributed by atoms with van der Waals surface area (Å²) in [5.74, 6) is 0.0791. The number of carbonyl (C=O) groups is 1. The number of rotatable bonds is 4. The van der Waals surface area contributed by atoms with Crippen molar-refractivity contribution >= 4 is 21.6 Å². The summed E-state index contributed by atoms with van der Waals surface area (Å²) in [6.07, 6.45) is 1.30. The van der Waals surface area contributed by atoms with Gasteiger partial charge in [-0.15, -0.1) is 0 Å². The number of piperidine rings is 1. The molecule has 0 spiro atoms. The van der Waals surface area contributed by atoms with E-state index < -0.39 is 10.0 Å². The van der Waals surface area contributed by atoms with Gasteiger partial charge < -0.3 is 10.6 Å². The molecule has 0 saturated carbocycles. The molecule has 1 fully saturated rings. The molecule has 2 N–H and O–H groups in total. The number of sulfonamides is 1. The summed E-state index contributed by atoms with van der Waals surface area (Å²) in [4.78, 5) is 11.3. The number of carbonyl (C=O) groups excluding carboxylic acids is 1. The summed E-state index contributed by atoms with van der Waals surface area (Å²) in [5, 5.41) is 6.09. The van der Waals surface area contributed by atoms with Crippen LogP contribution >= 0.6 is 0 Å². The molecular weight excluding hydrogens is 278 g/mol.